The minimum absolute atomic E-state index is 0.962. The summed E-state index contributed by atoms with van der Waals surface area (Å²) in [7, 11) is 0. The maximum Gasteiger partial charge on any atom is 0.0483 e. The Kier molecular flexibility index (Phi) is 4.94. The first-order valence-electron chi connectivity index (χ1n) is 8.38. The molecule has 0 bridgehead atoms. The largest absolute Gasteiger partial charge is 0.346 e. The van der Waals surface area contributed by atoms with Gasteiger partial charge < -0.3 is 14.8 Å². The van der Waals surface area contributed by atoms with Crippen molar-refractivity contribution in [2.45, 2.75) is 39.3 Å². The number of nitrogens with zero attached hydrogens (tertiary/aromatic N) is 2. The number of fused-ring (bicyclic) bond motifs is 1. The highest BCUT2D eigenvalue weighted by atomic mass is 15.1. The van der Waals surface area contributed by atoms with Crippen molar-refractivity contribution in [3.05, 3.63) is 36.0 Å². The van der Waals surface area contributed by atoms with E-state index in [0.29, 0.717) is 0 Å². The summed E-state index contributed by atoms with van der Waals surface area (Å²) < 4.78 is 2.42. The summed E-state index contributed by atoms with van der Waals surface area (Å²) in [6, 6.07) is 8.95. The van der Waals surface area contributed by atoms with Crippen molar-refractivity contribution in [3.63, 3.8) is 0 Å². The molecule has 0 amide bonds. The van der Waals surface area contributed by atoms with Crippen LogP contribution in [0.25, 0.3) is 10.9 Å². The Hall–Kier alpha value is -1.32. The van der Waals surface area contributed by atoms with Gasteiger partial charge in [-0.15, -0.1) is 0 Å². The zero-order valence-corrected chi connectivity index (χ0v) is 13.1. The van der Waals surface area contributed by atoms with Crippen LogP contribution in [0.3, 0.4) is 0 Å². The van der Waals surface area contributed by atoms with Gasteiger partial charge in [0, 0.05) is 36.7 Å². The van der Waals surface area contributed by atoms with Crippen LogP contribution in [0.5, 0.6) is 0 Å². The number of hydrogen-bond donors (Lipinski definition) is 1. The molecule has 114 valence electrons. The number of piperidine rings is 1. The van der Waals surface area contributed by atoms with Gasteiger partial charge in [-0.05, 0) is 50.2 Å². The molecule has 0 unspecified atom stereocenters. The Morgan fingerprint density at radius 2 is 1.90 bits per heavy atom. The summed E-state index contributed by atoms with van der Waals surface area (Å²) in [6.45, 7) is 8.99. The predicted octanol–water partition coefficient (Wildman–Crippen LogP) is 3.24. The highest BCUT2D eigenvalue weighted by Gasteiger charge is 2.11. The van der Waals surface area contributed by atoms with E-state index in [1.165, 1.54) is 55.4 Å². The first-order valence-corrected chi connectivity index (χ1v) is 8.38. The zero-order valence-electron chi connectivity index (χ0n) is 13.1. The smallest absolute Gasteiger partial charge is 0.0483 e. The van der Waals surface area contributed by atoms with Crippen molar-refractivity contribution in [2.24, 2.45) is 0 Å². The van der Waals surface area contributed by atoms with E-state index in [2.05, 4.69) is 52.2 Å². The lowest BCUT2D eigenvalue weighted by atomic mass is 10.1. The van der Waals surface area contributed by atoms with E-state index in [-0.39, 0.29) is 0 Å². The Balaban J connectivity index is 1.70. The number of benzene rings is 1. The lowest BCUT2D eigenvalue weighted by Gasteiger charge is -2.26. The topological polar surface area (TPSA) is 20.2 Å². The monoisotopic (exact) mass is 285 g/mol. The molecule has 2 aromatic rings. The maximum atomic E-state index is 3.43. The van der Waals surface area contributed by atoms with Gasteiger partial charge in [-0.1, -0.05) is 25.5 Å². The SMILES string of the molecule is CCNCc1cccc2c1ccn2CCN1CCCCC1. The normalized spacial score (nSPS) is 16.6. The molecule has 21 heavy (non-hydrogen) atoms. The first-order chi connectivity index (χ1) is 10.4. The molecule has 2 heterocycles. The Morgan fingerprint density at radius 3 is 2.71 bits per heavy atom. The number of aromatic nitrogens is 1. The van der Waals surface area contributed by atoms with Gasteiger partial charge in [0.2, 0.25) is 0 Å². The van der Waals surface area contributed by atoms with Gasteiger partial charge in [0.25, 0.3) is 0 Å². The van der Waals surface area contributed by atoms with Gasteiger partial charge in [-0.25, -0.2) is 0 Å². The van der Waals surface area contributed by atoms with Crippen LogP contribution in [-0.4, -0.2) is 35.6 Å². The zero-order chi connectivity index (χ0) is 14.5. The molecular formula is C18H27N3. The number of likely N-dealkylation sites (tertiary alicyclic amines) is 1. The van der Waals surface area contributed by atoms with Crippen LogP contribution in [0, 0.1) is 0 Å². The molecule has 0 atom stereocenters. The molecular weight excluding hydrogens is 258 g/mol. The van der Waals surface area contributed by atoms with Crippen molar-refractivity contribution < 1.29 is 0 Å². The van der Waals surface area contributed by atoms with Gasteiger partial charge in [0.1, 0.15) is 0 Å². The average molecular weight is 285 g/mol. The molecule has 1 aliphatic heterocycles. The maximum absolute atomic E-state index is 3.43. The van der Waals surface area contributed by atoms with E-state index < -0.39 is 0 Å². The van der Waals surface area contributed by atoms with Crippen LogP contribution in [0.4, 0.5) is 0 Å². The minimum atomic E-state index is 0.962. The van der Waals surface area contributed by atoms with Crippen LogP contribution in [0.15, 0.2) is 30.5 Å². The molecule has 3 rings (SSSR count). The van der Waals surface area contributed by atoms with Gasteiger partial charge in [0.15, 0.2) is 0 Å². The highest BCUT2D eigenvalue weighted by molar-refractivity contribution is 5.83. The molecule has 0 radical (unpaired) electrons. The molecule has 1 aromatic heterocycles. The summed E-state index contributed by atoms with van der Waals surface area (Å²) in [4.78, 5) is 2.61. The van der Waals surface area contributed by atoms with Gasteiger partial charge in [-0.2, -0.15) is 0 Å². The molecule has 0 spiro atoms. The van der Waals surface area contributed by atoms with E-state index in [1.807, 2.05) is 0 Å². The van der Waals surface area contributed by atoms with Gasteiger partial charge in [0.05, 0.1) is 0 Å². The molecule has 1 aliphatic rings. The van der Waals surface area contributed by atoms with E-state index in [1.54, 1.807) is 0 Å². The third-order valence-corrected chi connectivity index (χ3v) is 4.58. The van der Waals surface area contributed by atoms with E-state index in [4.69, 9.17) is 0 Å². The second-order valence-electron chi connectivity index (χ2n) is 6.04. The predicted molar refractivity (Wildman–Crippen MR) is 89.6 cm³/mol. The lowest BCUT2D eigenvalue weighted by Crippen LogP contribution is -2.32. The standard InChI is InChI=1S/C18H27N3/c1-2-19-15-16-7-6-8-18-17(16)9-12-21(18)14-13-20-10-4-3-5-11-20/h6-9,12,19H,2-5,10-11,13-15H2,1H3. The fraction of sp³-hybridized carbons (Fsp3) is 0.556. The van der Waals surface area contributed by atoms with Gasteiger partial charge in [-0.3, -0.25) is 0 Å². The van der Waals surface area contributed by atoms with Crippen molar-refractivity contribution in [3.8, 4) is 0 Å². The second-order valence-corrected chi connectivity index (χ2v) is 6.04. The second kappa shape index (κ2) is 7.10. The lowest BCUT2D eigenvalue weighted by molar-refractivity contribution is 0.221. The molecule has 1 N–H and O–H groups in total. The van der Waals surface area contributed by atoms with E-state index in [9.17, 15) is 0 Å². The van der Waals surface area contributed by atoms with Crippen molar-refractivity contribution >= 4 is 10.9 Å². The van der Waals surface area contributed by atoms with Crippen LogP contribution in [-0.2, 0) is 13.1 Å². The molecule has 1 saturated heterocycles. The van der Waals surface area contributed by atoms with Gasteiger partial charge >= 0.3 is 0 Å². The van der Waals surface area contributed by atoms with E-state index in [0.717, 1.165) is 19.6 Å². The van der Waals surface area contributed by atoms with E-state index >= 15 is 0 Å². The summed E-state index contributed by atoms with van der Waals surface area (Å²) >= 11 is 0. The molecule has 0 saturated carbocycles. The first kappa shape index (κ1) is 14.6. The van der Waals surface area contributed by atoms with Crippen LogP contribution in [0.1, 0.15) is 31.7 Å². The fourth-order valence-corrected chi connectivity index (χ4v) is 3.33. The summed E-state index contributed by atoms with van der Waals surface area (Å²) in [5.74, 6) is 0. The average Bonchev–Trinajstić information content (AvgIpc) is 2.96. The molecule has 1 aromatic carbocycles. The Labute approximate surface area is 127 Å². The van der Waals surface area contributed by atoms with Crippen molar-refractivity contribution in [1.29, 1.82) is 0 Å². The quantitative estimate of drug-likeness (QED) is 0.879. The summed E-state index contributed by atoms with van der Waals surface area (Å²) in [6.07, 6.45) is 6.42. The van der Waals surface area contributed by atoms with Crippen molar-refractivity contribution in [1.82, 2.24) is 14.8 Å². The summed E-state index contributed by atoms with van der Waals surface area (Å²) in [5.41, 5.74) is 2.79. The Bertz CT molecular complexity index is 567. The molecule has 3 heteroatoms. The number of hydrogen-bond acceptors (Lipinski definition) is 2. The van der Waals surface area contributed by atoms with Crippen molar-refractivity contribution in [2.75, 3.05) is 26.2 Å². The van der Waals surface area contributed by atoms with Crippen LogP contribution >= 0.6 is 0 Å². The third-order valence-electron chi connectivity index (χ3n) is 4.58. The minimum Gasteiger partial charge on any atom is -0.346 e. The number of rotatable bonds is 6. The third kappa shape index (κ3) is 3.47. The molecule has 0 aliphatic carbocycles. The number of nitrogens with one attached hydrogen (secondary N) is 1. The molecule has 3 nitrogen and oxygen atoms in total. The fourth-order valence-electron chi connectivity index (χ4n) is 3.33. The highest BCUT2D eigenvalue weighted by Crippen LogP contribution is 2.20. The summed E-state index contributed by atoms with van der Waals surface area (Å²) in [5, 5.41) is 4.83. The molecule has 1 fully saturated rings. The Morgan fingerprint density at radius 1 is 1.05 bits per heavy atom. The van der Waals surface area contributed by atoms with Crippen LogP contribution in [0.2, 0.25) is 0 Å². The van der Waals surface area contributed by atoms with Crippen LogP contribution < -0.4 is 5.32 Å².